The Morgan fingerprint density at radius 1 is 1.19 bits per heavy atom. The van der Waals surface area contributed by atoms with E-state index in [9.17, 15) is 18.0 Å². The van der Waals surface area contributed by atoms with E-state index in [0.29, 0.717) is 22.7 Å². The van der Waals surface area contributed by atoms with Crippen LogP contribution in [0.2, 0.25) is 0 Å². The predicted octanol–water partition coefficient (Wildman–Crippen LogP) is 1.59. The summed E-state index contributed by atoms with van der Waals surface area (Å²) in [5.74, 6) is -0.215. The number of benzene rings is 2. The molecule has 0 radical (unpaired) electrons. The Hall–Kier alpha value is -3.11. The second-order valence-electron chi connectivity index (χ2n) is 6.99. The number of carbonyl (C=O) groups excluding carboxylic acids is 2. The highest BCUT2D eigenvalue weighted by Crippen LogP contribution is 2.33. The van der Waals surface area contributed by atoms with Crippen LogP contribution >= 0.6 is 0 Å². The van der Waals surface area contributed by atoms with Gasteiger partial charge >= 0.3 is 5.97 Å². The minimum atomic E-state index is -3.92. The predicted molar refractivity (Wildman–Crippen MR) is 113 cm³/mol. The van der Waals surface area contributed by atoms with Gasteiger partial charge in [-0.3, -0.25) is 4.79 Å². The molecule has 0 saturated heterocycles. The summed E-state index contributed by atoms with van der Waals surface area (Å²) in [6, 6.07) is 11.2. The number of hydrogen-bond acceptors (Lipinski definition) is 7. The third-order valence-electron chi connectivity index (χ3n) is 4.97. The third kappa shape index (κ3) is 4.49. The van der Waals surface area contributed by atoms with Crippen molar-refractivity contribution in [2.75, 3.05) is 39.3 Å². The Kier molecular flexibility index (Phi) is 6.51. The number of fused-ring (bicyclic) bond motifs is 1. The highest BCUT2D eigenvalue weighted by Gasteiger charge is 2.35. The molecule has 0 aliphatic carbocycles. The second kappa shape index (κ2) is 8.94. The molecular formula is C21H24N2O7S. The van der Waals surface area contributed by atoms with Gasteiger partial charge in [-0.15, -0.1) is 0 Å². The molecule has 0 fully saturated rings. The quantitative estimate of drug-likeness (QED) is 0.619. The molecule has 0 N–H and O–H groups in total. The second-order valence-corrected chi connectivity index (χ2v) is 9.04. The van der Waals surface area contributed by atoms with Gasteiger partial charge < -0.3 is 19.1 Å². The molecule has 2 aromatic rings. The average molecular weight is 448 g/mol. The van der Waals surface area contributed by atoms with Gasteiger partial charge in [-0.05, 0) is 42.8 Å². The largest absolute Gasteiger partial charge is 0.496 e. The lowest BCUT2D eigenvalue weighted by molar-refractivity contribution is -0.148. The summed E-state index contributed by atoms with van der Waals surface area (Å²) in [5, 5.41) is 0. The van der Waals surface area contributed by atoms with Crippen LogP contribution in [0.15, 0.2) is 47.4 Å². The number of ether oxygens (including phenoxy) is 3. The van der Waals surface area contributed by atoms with Crippen molar-refractivity contribution in [1.82, 2.24) is 4.31 Å². The van der Waals surface area contributed by atoms with Crippen LogP contribution in [-0.2, 0) is 24.3 Å². The Morgan fingerprint density at radius 2 is 1.90 bits per heavy atom. The fraction of sp³-hybridized carbons (Fsp3) is 0.333. The van der Waals surface area contributed by atoms with Crippen LogP contribution in [0.1, 0.15) is 5.56 Å². The van der Waals surface area contributed by atoms with Gasteiger partial charge in [-0.2, -0.15) is 4.31 Å². The lowest BCUT2D eigenvalue weighted by Gasteiger charge is -2.34. The minimum absolute atomic E-state index is 0.0518. The molecule has 3 rings (SSSR count). The number of amides is 1. The van der Waals surface area contributed by atoms with Gasteiger partial charge in [0.2, 0.25) is 22.0 Å². The molecule has 1 aliphatic heterocycles. The van der Waals surface area contributed by atoms with Crippen molar-refractivity contribution in [3.05, 3.63) is 48.0 Å². The zero-order valence-corrected chi connectivity index (χ0v) is 18.5. The van der Waals surface area contributed by atoms with E-state index in [1.807, 2.05) is 0 Å². The van der Waals surface area contributed by atoms with E-state index < -0.39 is 34.5 Å². The number of nitrogens with zero attached hydrogens (tertiary/aromatic N) is 2. The molecule has 0 bridgehead atoms. The molecule has 10 heteroatoms. The summed E-state index contributed by atoms with van der Waals surface area (Å²) in [6.07, 6.45) is -1.00. The third-order valence-corrected chi connectivity index (χ3v) is 6.77. The Bertz CT molecular complexity index is 1100. The number of para-hydroxylation sites is 2. The summed E-state index contributed by atoms with van der Waals surface area (Å²) in [7, 11) is 0.140. The van der Waals surface area contributed by atoms with Crippen molar-refractivity contribution < 1.29 is 32.2 Å². The molecule has 1 heterocycles. The lowest BCUT2D eigenvalue weighted by Crippen LogP contribution is -2.50. The number of anilines is 1. The molecule has 2 aromatic carbocycles. The number of rotatable bonds is 6. The van der Waals surface area contributed by atoms with Crippen molar-refractivity contribution >= 4 is 27.6 Å². The molecule has 31 heavy (non-hydrogen) atoms. The van der Waals surface area contributed by atoms with Crippen LogP contribution in [0.3, 0.4) is 0 Å². The van der Waals surface area contributed by atoms with Crippen LogP contribution in [0.5, 0.6) is 11.5 Å². The van der Waals surface area contributed by atoms with E-state index in [1.165, 1.54) is 38.3 Å². The number of hydrogen-bond donors (Lipinski definition) is 0. The standard InChI is InChI=1S/C21H24N2O7S/c1-14-11-15(9-10-17(14)28-3)31(26,27)22(2)13-20(24)23-12-19(21(25)29-4)30-18-8-6-5-7-16(18)23/h5-11,19H,12-13H2,1-4H3/t19-/m0/s1. The van der Waals surface area contributed by atoms with E-state index >= 15 is 0 Å². The summed E-state index contributed by atoms with van der Waals surface area (Å²) in [4.78, 5) is 26.4. The monoisotopic (exact) mass is 448 g/mol. The number of methoxy groups -OCH3 is 2. The van der Waals surface area contributed by atoms with Crippen molar-refractivity contribution in [2.24, 2.45) is 0 Å². The Labute approximate surface area is 181 Å². The van der Waals surface area contributed by atoms with E-state index in [2.05, 4.69) is 0 Å². The fourth-order valence-electron chi connectivity index (χ4n) is 3.28. The summed E-state index contributed by atoms with van der Waals surface area (Å²) >= 11 is 0. The van der Waals surface area contributed by atoms with E-state index in [0.717, 1.165) is 4.31 Å². The zero-order valence-electron chi connectivity index (χ0n) is 17.7. The van der Waals surface area contributed by atoms with E-state index in [-0.39, 0.29) is 11.4 Å². The molecular weight excluding hydrogens is 424 g/mol. The van der Waals surface area contributed by atoms with Crippen molar-refractivity contribution in [3.63, 3.8) is 0 Å². The highest BCUT2D eigenvalue weighted by molar-refractivity contribution is 7.89. The maximum atomic E-state index is 13.1. The van der Waals surface area contributed by atoms with Crippen LogP contribution < -0.4 is 14.4 Å². The molecule has 166 valence electrons. The van der Waals surface area contributed by atoms with Gasteiger partial charge in [-0.1, -0.05) is 12.1 Å². The molecule has 0 unspecified atom stereocenters. The molecule has 0 saturated carbocycles. The molecule has 0 spiro atoms. The molecule has 0 aromatic heterocycles. The summed E-state index contributed by atoms with van der Waals surface area (Å²) in [6.45, 7) is 1.23. The first-order valence-corrected chi connectivity index (χ1v) is 10.9. The molecule has 1 atom stereocenters. The summed E-state index contributed by atoms with van der Waals surface area (Å²) < 4.78 is 42.5. The first kappa shape index (κ1) is 22.6. The van der Waals surface area contributed by atoms with Gasteiger partial charge in [0.25, 0.3) is 0 Å². The SMILES string of the molecule is COC(=O)[C@@H]1CN(C(=O)CN(C)S(=O)(=O)c2ccc(OC)c(C)c2)c2ccccc2O1. The van der Waals surface area contributed by atoms with Crippen molar-refractivity contribution in [1.29, 1.82) is 0 Å². The van der Waals surface area contributed by atoms with E-state index in [4.69, 9.17) is 14.2 Å². The Balaban J connectivity index is 1.84. The zero-order chi connectivity index (χ0) is 22.8. The number of aryl methyl sites for hydroxylation is 1. The topological polar surface area (TPSA) is 102 Å². The lowest BCUT2D eigenvalue weighted by atomic mass is 10.2. The van der Waals surface area contributed by atoms with Gasteiger partial charge in [-0.25, -0.2) is 13.2 Å². The van der Waals surface area contributed by atoms with Crippen molar-refractivity contribution in [3.8, 4) is 11.5 Å². The van der Waals surface area contributed by atoms with Gasteiger partial charge in [0.15, 0.2) is 0 Å². The maximum Gasteiger partial charge on any atom is 0.348 e. The van der Waals surface area contributed by atoms with Gasteiger partial charge in [0.1, 0.15) is 11.5 Å². The first-order chi connectivity index (χ1) is 14.7. The molecule has 1 amide bonds. The fourth-order valence-corrected chi connectivity index (χ4v) is 4.48. The van der Waals surface area contributed by atoms with Crippen LogP contribution in [0, 0.1) is 6.92 Å². The number of carbonyl (C=O) groups is 2. The highest BCUT2D eigenvalue weighted by atomic mass is 32.2. The number of sulfonamides is 1. The van der Waals surface area contributed by atoms with Crippen molar-refractivity contribution in [2.45, 2.75) is 17.9 Å². The first-order valence-electron chi connectivity index (χ1n) is 9.44. The Morgan fingerprint density at radius 3 is 2.55 bits per heavy atom. The van der Waals surface area contributed by atoms with Gasteiger partial charge in [0, 0.05) is 7.05 Å². The molecule has 1 aliphatic rings. The van der Waals surface area contributed by atoms with Crippen LogP contribution in [0.4, 0.5) is 5.69 Å². The maximum absolute atomic E-state index is 13.1. The average Bonchev–Trinajstić information content (AvgIpc) is 2.77. The minimum Gasteiger partial charge on any atom is -0.496 e. The smallest absolute Gasteiger partial charge is 0.348 e. The van der Waals surface area contributed by atoms with E-state index in [1.54, 1.807) is 37.3 Å². The van der Waals surface area contributed by atoms with Crippen LogP contribution in [0.25, 0.3) is 0 Å². The summed E-state index contributed by atoms with van der Waals surface area (Å²) in [5.41, 5.74) is 1.12. The van der Waals surface area contributed by atoms with Gasteiger partial charge in [0.05, 0.1) is 37.9 Å². The van der Waals surface area contributed by atoms with Crippen LogP contribution in [-0.4, -0.2) is 65.1 Å². The number of esters is 1. The normalized spacial score (nSPS) is 15.8. The molecule has 9 nitrogen and oxygen atoms in total. The number of likely N-dealkylation sites (N-methyl/N-ethyl adjacent to an activating group) is 1.